The van der Waals surface area contributed by atoms with E-state index in [1.807, 2.05) is 24.7 Å². The molecular formula is C15H20N4. The summed E-state index contributed by atoms with van der Waals surface area (Å²) in [5.74, 6) is 0. The first-order valence-electron chi connectivity index (χ1n) is 6.70. The summed E-state index contributed by atoms with van der Waals surface area (Å²) in [4.78, 5) is 8.33. The molecule has 2 aromatic heterocycles. The molecule has 100 valence electrons. The van der Waals surface area contributed by atoms with Crippen molar-refractivity contribution in [3.63, 3.8) is 0 Å². The lowest BCUT2D eigenvalue weighted by Gasteiger charge is -2.09. The maximum Gasteiger partial charge on any atom is 0.0547 e. The zero-order valence-electron chi connectivity index (χ0n) is 11.3. The molecule has 0 amide bonds. The van der Waals surface area contributed by atoms with Crippen molar-refractivity contribution in [3.05, 3.63) is 48.5 Å². The fraction of sp³-hybridized carbons (Fsp3) is 0.333. The number of nitrogens with zero attached hydrogens (tertiary/aromatic N) is 2. The minimum Gasteiger partial charge on any atom is -0.384 e. The summed E-state index contributed by atoms with van der Waals surface area (Å²) in [7, 11) is 0. The molecule has 0 aliphatic heterocycles. The average Bonchev–Trinajstić information content (AvgIpc) is 2.47. The van der Waals surface area contributed by atoms with Crippen LogP contribution in [0, 0.1) is 0 Å². The maximum atomic E-state index is 4.23. The van der Waals surface area contributed by atoms with E-state index in [4.69, 9.17) is 0 Å². The summed E-state index contributed by atoms with van der Waals surface area (Å²) >= 11 is 0. The highest BCUT2D eigenvalue weighted by Crippen LogP contribution is 2.12. The quantitative estimate of drug-likeness (QED) is 0.799. The molecule has 0 aromatic carbocycles. The molecule has 4 nitrogen and oxygen atoms in total. The molecule has 0 unspecified atom stereocenters. The normalized spacial score (nSPS) is 10.2. The minimum atomic E-state index is 0.880. The molecule has 0 bridgehead atoms. The van der Waals surface area contributed by atoms with Crippen molar-refractivity contribution in [2.45, 2.75) is 19.8 Å². The van der Waals surface area contributed by atoms with Gasteiger partial charge in [0.15, 0.2) is 0 Å². The van der Waals surface area contributed by atoms with Gasteiger partial charge >= 0.3 is 0 Å². The van der Waals surface area contributed by atoms with Gasteiger partial charge in [0.1, 0.15) is 0 Å². The molecular weight excluding hydrogens is 236 g/mol. The van der Waals surface area contributed by atoms with E-state index in [-0.39, 0.29) is 0 Å². The van der Waals surface area contributed by atoms with Crippen LogP contribution in [0.2, 0.25) is 0 Å². The molecule has 19 heavy (non-hydrogen) atoms. The molecule has 0 atom stereocenters. The van der Waals surface area contributed by atoms with Crippen LogP contribution in [0.1, 0.15) is 18.9 Å². The van der Waals surface area contributed by atoms with Crippen LogP contribution in [0.5, 0.6) is 0 Å². The largest absolute Gasteiger partial charge is 0.384 e. The molecule has 0 saturated heterocycles. The summed E-state index contributed by atoms with van der Waals surface area (Å²) in [6.07, 6.45) is 9.46. The van der Waals surface area contributed by atoms with Gasteiger partial charge in [0, 0.05) is 25.5 Å². The molecule has 0 spiro atoms. The third kappa shape index (κ3) is 4.58. The van der Waals surface area contributed by atoms with E-state index in [9.17, 15) is 0 Å². The fourth-order valence-corrected chi connectivity index (χ4v) is 1.80. The number of hydrogen-bond donors (Lipinski definition) is 2. The number of aromatic nitrogens is 2. The first-order chi connectivity index (χ1) is 9.38. The standard InChI is InChI=1S/C15H20N4/c1-2-6-18-14-9-15(12-17-11-14)19-8-5-13-4-3-7-16-10-13/h3-4,7,9-12,18-19H,2,5-6,8H2,1H3. The lowest BCUT2D eigenvalue weighted by molar-refractivity contribution is 0.975. The smallest absolute Gasteiger partial charge is 0.0547 e. The third-order valence-electron chi connectivity index (χ3n) is 2.78. The Labute approximate surface area is 114 Å². The van der Waals surface area contributed by atoms with E-state index >= 15 is 0 Å². The summed E-state index contributed by atoms with van der Waals surface area (Å²) in [5, 5.41) is 6.71. The van der Waals surface area contributed by atoms with E-state index in [0.717, 1.165) is 37.3 Å². The lowest BCUT2D eigenvalue weighted by atomic mass is 10.2. The Morgan fingerprint density at radius 3 is 2.47 bits per heavy atom. The highest BCUT2D eigenvalue weighted by atomic mass is 14.9. The van der Waals surface area contributed by atoms with Gasteiger partial charge in [0.25, 0.3) is 0 Å². The number of anilines is 2. The molecule has 2 heterocycles. The topological polar surface area (TPSA) is 49.8 Å². The van der Waals surface area contributed by atoms with Crippen LogP contribution in [0.4, 0.5) is 11.4 Å². The van der Waals surface area contributed by atoms with Gasteiger partial charge < -0.3 is 10.6 Å². The molecule has 0 radical (unpaired) electrons. The second-order valence-electron chi connectivity index (χ2n) is 4.43. The first-order valence-corrected chi connectivity index (χ1v) is 6.70. The van der Waals surface area contributed by atoms with Crippen LogP contribution in [-0.2, 0) is 6.42 Å². The molecule has 4 heteroatoms. The monoisotopic (exact) mass is 256 g/mol. The predicted octanol–water partition coefficient (Wildman–Crippen LogP) is 2.95. The second kappa shape index (κ2) is 7.36. The maximum absolute atomic E-state index is 4.23. The Morgan fingerprint density at radius 1 is 1.00 bits per heavy atom. The molecule has 0 saturated carbocycles. The van der Waals surface area contributed by atoms with E-state index in [0.29, 0.717) is 0 Å². The van der Waals surface area contributed by atoms with Crippen LogP contribution in [0.25, 0.3) is 0 Å². The number of pyridine rings is 2. The van der Waals surface area contributed by atoms with E-state index in [1.165, 1.54) is 5.56 Å². The predicted molar refractivity (Wildman–Crippen MR) is 79.4 cm³/mol. The van der Waals surface area contributed by atoms with Crippen molar-refractivity contribution in [2.75, 3.05) is 23.7 Å². The Bertz CT molecular complexity index is 485. The Morgan fingerprint density at radius 2 is 1.79 bits per heavy atom. The highest BCUT2D eigenvalue weighted by Gasteiger charge is 1.97. The molecule has 2 N–H and O–H groups in total. The summed E-state index contributed by atoms with van der Waals surface area (Å²) in [6, 6.07) is 6.14. The summed E-state index contributed by atoms with van der Waals surface area (Å²) in [6.45, 7) is 4.00. The van der Waals surface area contributed by atoms with Crippen molar-refractivity contribution in [1.82, 2.24) is 9.97 Å². The number of hydrogen-bond acceptors (Lipinski definition) is 4. The van der Waals surface area contributed by atoms with Gasteiger partial charge in [-0.3, -0.25) is 9.97 Å². The molecule has 2 rings (SSSR count). The number of rotatable bonds is 7. The Hall–Kier alpha value is -2.10. The lowest BCUT2D eigenvalue weighted by Crippen LogP contribution is -2.06. The van der Waals surface area contributed by atoms with Gasteiger partial charge in [-0.2, -0.15) is 0 Å². The highest BCUT2D eigenvalue weighted by molar-refractivity contribution is 5.53. The fourth-order valence-electron chi connectivity index (χ4n) is 1.80. The summed E-state index contributed by atoms with van der Waals surface area (Å²) < 4.78 is 0. The first kappa shape index (κ1) is 13.3. The van der Waals surface area contributed by atoms with E-state index in [2.05, 4.69) is 39.7 Å². The van der Waals surface area contributed by atoms with Crippen LogP contribution >= 0.6 is 0 Å². The van der Waals surface area contributed by atoms with Crippen LogP contribution in [-0.4, -0.2) is 23.1 Å². The Kier molecular flexibility index (Phi) is 5.17. The van der Waals surface area contributed by atoms with Crippen molar-refractivity contribution in [2.24, 2.45) is 0 Å². The van der Waals surface area contributed by atoms with Gasteiger partial charge in [-0.1, -0.05) is 13.0 Å². The van der Waals surface area contributed by atoms with Crippen LogP contribution < -0.4 is 10.6 Å². The molecule has 0 aliphatic rings. The van der Waals surface area contributed by atoms with Crippen molar-refractivity contribution < 1.29 is 0 Å². The van der Waals surface area contributed by atoms with E-state index < -0.39 is 0 Å². The van der Waals surface area contributed by atoms with E-state index in [1.54, 1.807) is 6.20 Å². The molecule has 0 aliphatic carbocycles. The SMILES string of the molecule is CCCNc1cncc(NCCc2cccnc2)c1. The van der Waals surface area contributed by atoms with Gasteiger partial charge in [0.05, 0.1) is 23.8 Å². The van der Waals surface area contributed by atoms with Crippen LogP contribution in [0.15, 0.2) is 43.0 Å². The Balaban J connectivity index is 1.82. The zero-order valence-corrected chi connectivity index (χ0v) is 11.3. The third-order valence-corrected chi connectivity index (χ3v) is 2.78. The van der Waals surface area contributed by atoms with Gasteiger partial charge in [-0.05, 0) is 30.5 Å². The minimum absolute atomic E-state index is 0.880. The molecule has 0 fully saturated rings. The molecule has 2 aromatic rings. The van der Waals surface area contributed by atoms with Crippen molar-refractivity contribution in [3.8, 4) is 0 Å². The second-order valence-corrected chi connectivity index (χ2v) is 4.43. The van der Waals surface area contributed by atoms with Gasteiger partial charge in [-0.25, -0.2) is 0 Å². The van der Waals surface area contributed by atoms with Gasteiger partial charge in [-0.15, -0.1) is 0 Å². The average molecular weight is 256 g/mol. The summed E-state index contributed by atoms with van der Waals surface area (Å²) in [5.41, 5.74) is 3.35. The van der Waals surface area contributed by atoms with Crippen LogP contribution in [0.3, 0.4) is 0 Å². The van der Waals surface area contributed by atoms with Gasteiger partial charge in [0.2, 0.25) is 0 Å². The van der Waals surface area contributed by atoms with Crippen molar-refractivity contribution >= 4 is 11.4 Å². The van der Waals surface area contributed by atoms with Crippen molar-refractivity contribution in [1.29, 1.82) is 0 Å². The zero-order chi connectivity index (χ0) is 13.3. The number of nitrogens with one attached hydrogen (secondary N) is 2.